The van der Waals surface area contributed by atoms with Crippen LogP contribution in [0.25, 0.3) is 0 Å². The van der Waals surface area contributed by atoms with Crippen LogP contribution in [0.15, 0.2) is 0 Å². The molecule has 98 valence electrons. The maximum Gasteiger partial charge on any atom is 0.326 e. The first-order valence-electron chi connectivity index (χ1n) is 6.29. The fourth-order valence-corrected chi connectivity index (χ4v) is 2.99. The summed E-state index contributed by atoms with van der Waals surface area (Å²) < 4.78 is 0. The van der Waals surface area contributed by atoms with Gasteiger partial charge in [0, 0.05) is 0 Å². The van der Waals surface area contributed by atoms with E-state index in [1.165, 1.54) is 0 Å². The molecular weight excluding hydrogens is 236 g/mol. The van der Waals surface area contributed by atoms with Gasteiger partial charge in [0.05, 0.1) is 18.4 Å². The topological polar surface area (TPSA) is 86.7 Å². The molecule has 1 aliphatic heterocycles. The van der Waals surface area contributed by atoms with Crippen LogP contribution in [0, 0.1) is 17.8 Å². The average Bonchev–Trinajstić information content (AvgIpc) is 3.20. The van der Waals surface area contributed by atoms with Crippen molar-refractivity contribution in [2.75, 3.05) is 13.6 Å². The second-order valence-corrected chi connectivity index (χ2v) is 5.51. The molecule has 2 saturated carbocycles. The van der Waals surface area contributed by atoms with E-state index in [1.54, 1.807) is 7.05 Å². The molecule has 0 aromatic carbocycles. The van der Waals surface area contributed by atoms with Gasteiger partial charge in [0.1, 0.15) is 5.54 Å². The lowest BCUT2D eigenvalue weighted by atomic mass is 9.92. The summed E-state index contributed by atoms with van der Waals surface area (Å²) in [7, 11) is 1.58. The molecule has 6 nitrogen and oxygen atoms in total. The first kappa shape index (κ1) is 11.6. The van der Waals surface area contributed by atoms with Crippen molar-refractivity contribution in [3.05, 3.63) is 0 Å². The van der Waals surface area contributed by atoms with E-state index in [2.05, 4.69) is 5.32 Å². The maximum absolute atomic E-state index is 11.9. The number of amides is 2. The number of carbonyl (C=O) groups excluding carboxylic acids is 2. The predicted octanol–water partition coefficient (Wildman–Crippen LogP) is -0.556. The third-order valence-electron chi connectivity index (χ3n) is 4.47. The number of nitrogens with zero attached hydrogens (tertiary/aromatic N) is 1. The number of nitrogens with one attached hydrogen (secondary N) is 1. The molecule has 2 amide bonds. The smallest absolute Gasteiger partial charge is 0.326 e. The summed E-state index contributed by atoms with van der Waals surface area (Å²) in [5.41, 5.74) is -1.16. The van der Waals surface area contributed by atoms with Crippen molar-refractivity contribution in [2.45, 2.75) is 24.8 Å². The second kappa shape index (κ2) is 3.54. The first-order chi connectivity index (χ1) is 8.51. The fraction of sp³-hybridized carbons (Fsp3) is 0.750. The van der Waals surface area contributed by atoms with Crippen LogP contribution in [-0.4, -0.2) is 46.9 Å². The first-order valence-corrected chi connectivity index (χ1v) is 6.29. The van der Waals surface area contributed by atoms with Gasteiger partial charge in [-0.3, -0.25) is 19.3 Å². The number of aliphatic carboxylic acids is 1. The predicted molar refractivity (Wildman–Crippen MR) is 60.5 cm³/mol. The maximum atomic E-state index is 11.9. The van der Waals surface area contributed by atoms with E-state index in [9.17, 15) is 19.5 Å². The Kier molecular flexibility index (Phi) is 2.29. The Morgan fingerprint density at radius 1 is 1.39 bits per heavy atom. The van der Waals surface area contributed by atoms with Crippen LogP contribution in [0.1, 0.15) is 19.3 Å². The van der Waals surface area contributed by atoms with E-state index in [4.69, 9.17) is 0 Å². The third-order valence-corrected chi connectivity index (χ3v) is 4.47. The molecule has 0 spiro atoms. The van der Waals surface area contributed by atoms with Crippen LogP contribution in [-0.2, 0) is 14.4 Å². The summed E-state index contributed by atoms with van der Waals surface area (Å²) in [4.78, 5) is 36.5. The highest BCUT2D eigenvalue weighted by Gasteiger charge is 2.62. The minimum absolute atomic E-state index is 0.0116. The lowest BCUT2D eigenvalue weighted by molar-refractivity contribution is -0.150. The van der Waals surface area contributed by atoms with Crippen molar-refractivity contribution in [1.29, 1.82) is 0 Å². The van der Waals surface area contributed by atoms with Crippen molar-refractivity contribution in [3.63, 3.8) is 0 Å². The number of likely N-dealkylation sites (tertiary alicyclic amines) is 1. The Bertz CT molecular complexity index is 425. The zero-order valence-electron chi connectivity index (χ0n) is 10.2. The molecule has 3 unspecified atom stereocenters. The third kappa shape index (κ3) is 1.41. The van der Waals surface area contributed by atoms with Crippen LogP contribution in [0.5, 0.6) is 0 Å². The molecule has 0 bridgehead atoms. The number of imide groups is 1. The number of fused-ring (bicyclic) bond motifs is 1. The van der Waals surface area contributed by atoms with E-state index in [0.717, 1.165) is 17.7 Å². The van der Waals surface area contributed by atoms with Crippen LogP contribution < -0.4 is 5.32 Å². The molecule has 3 aliphatic rings. The van der Waals surface area contributed by atoms with Gasteiger partial charge in [0.2, 0.25) is 11.8 Å². The van der Waals surface area contributed by atoms with Gasteiger partial charge in [-0.15, -0.1) is 0 Å². The molecule has 3 atom stereocenters. The van der Waals surface area contributed by atoms with Gasteiger partial charge >= 0.3 is 5.97 Å². The Labute approximate surface area is 104 Å². The number of piperidine rings is 1. The van der Waals surface area contributed by atoms with Crippen LogP contribution in [0.4, 0.5) is 0 Å². The largest absolute Gasteiger partial charge is 0.480 e. The molecule has 3 rings (SSSR count). The molecule has 1 heterocycles. The Balaban J connectivity index is 1.83. The minimum atomic E-state index is -1.16. The number of carboxylic acids is 1. The number of likely N-dealkylation sites (N-methyl/N-ethyl adjacent to an activating group) is 1. The molecule has 2 aliphatic carbocycles. The molecular formula is C12H16N2O4. The van der Waals surface area contributed by atoms with Crippen molar-refractivity contribution in [2.24, 2.45) is 17.8 Å². The molecule has 0 aromatic heterocycles. The van der Waals surface area contributed by atoms with Crippen molar-refractivity contribution < 1.29 is 19.5 Å². The zero-order chi connectivity index (χ0) is 13.1. The fourth-order valence-electron chi connectivity index (χ4n) is 2.99. The van der Waals surface area contributed by atoms with E-state index in [0.29, 0.717) is 6.42 Å². The summed E-state index contributed by atoms with van der Waals surface area (Å²) >= 11 is 0. The Morgan fingerprint density at radius 3 is 2.33 bits per heavy atom. The highest BCUT2D eigenvalue weighted by molar-refractivity contribution is 6.09. The van der Waals surface area contributed by atoms with Crippen LogP contribution in [0.3, 0.4) is 0 Å². The Morgan fingerprint density at radius 2 is 1.94 bits per heavy atom. The normalized spacial score (nSPS) is 33.3. The lowest BCUT2D eigenvalue weighted by Gasteiger charge is -2.33. The van der Waals surface area contributed by atoms with Gasteiger partial charge in [0.15, 0.2) is 0 Å². The summed E-state index contributed by atoms with van der Waals surface area (Å²) in [6.07, 6.45) is 2.31. The van der Waals surface area contributed by atoms with E-state index in [1.807, 2.05) is 0 Å². The molecule has 6 heteroatoms. The van der Waals surface area contributed by atoms with Crippen LogP contribution >= 0.6 is 0 Å². The number of carboxylic acid groups (broad SMARTS) is 1. The molecule has 0 radical (unpaired) electrons. The zero-order valence-corrected chi connectivity index (χ0v) is 10.2. The molecule has 2 N–H and O–H groups in total. The molecule has 1 saturated heterocycles. The molecule has 3 fully saturated rings. The van der Waals surface area contributed by atoms with Crippen molar-refractivity contribution >= 4 is 17.8 Å². The van der Waals surface area contributed by atoms with Crippen molar-refractivity contribution in [3.8, 4) is 0 Å². The number of hydrogen-bond donors (Lipinski definition) is 2. The van der Waals surface area contributed by atoms with Gasteiger partial charge in [-0.05, 0) is 32.2 Å². The van der Waals surface area contributed by atoms with E-state index < -0.39 is 11.5 Å². The van der Waals surface area contributed by atoms with Gasteiger partial charge in [-0.25, -0.2) is 0 Å². The number of carbonyl (C=O) groups is 3. The second-order valence-electron chi connectivity index (χ2n) is 5.51. The van der Waals surface area contributed by atoms with Crippen LogP contribution in [0.2, 0.25) is 0 Å². The minimum Gasteiger partial charge on any atom is -0.480 e. The van der Waals surface area contributed by atoms with Gasteiger partial charge in [-0.2, -0.15) is 0 Å². The highest BCUT2D eigenvalue weighted by Crippen LogP contribution is 2.48. The van der Waals surface area contributed by atoms with E-state index >= 15 is 0 Å². The quantitative estimate of drug-likeness (QED) is 0.641. The number of hydrogen-bond acceptors (Lipinski definition) is 4. The Hall–Kier alpha value is -1.43. The van der Waals surface area contributed by atoms with Gasteiger partial charge < -0.3 is 10.4 Å². The highest BCUT2D eigenvalue weighted by atomic mass is 16.4. The SMILES string of the molecule is CNC(CN1C(=O)C2CC2C1=O)(C(=O)O)C1CC1. The molecule has 18 heavy (non-hydrogen) atoms. The summed E-state index contributed by atoms with van der Waals surface area (Å²) in [5.74, 6) is -1.68. The standard InChI is InChI=1S/C12H16N2O4/c1-13-12(11(17)18,6-2-3-6)5-14-9(15)7-4-8(7)10(14)16/h6-8,13H,2-5H2,1H3,(H,17,18). The monoisotopic (exact) mass is 252 g/mol. The van der Waals surface area contributed by atoms with E-state index in [-0.39, 0.29) is 36.1 Å². The van der Waals surface area contributed by atoms with Gasteiger partial charge in [0.25, 0.3) is 0 Å². The lowest BCUT2D eigenvalue weighted by Crippen LogP contribution is -2.60. The molecule has 0 aromatic rings. The van der Waals surface area contributed by atoms with Crippen molar-refractivity contribution in [1.82, 2.24) is 10.2 Å². The summed E-state index contributed by atoms with van der Waals surface area (Å²) in [5, 5.41) is 12.3. The summed E-state index contributed by atoms with van der Waals surface area (Å²) in [6.45, 7) is -0.0336. The van der Waals surface area contributed by atoms with Gasteiger partial charge in [-0.1, -0.05) is 0 Å². The average molecular weight is 252 g/mol. The number of rotatable bonds is 5. The summed E-state index contributed by atoms with van der Waals surface area (Å²) in [6, 6.07) is 0.